The highest BCUT2D eigenvalue weighted by atomic mass is 35.5. The predicted octanol–water partition coefficient (Wildman–Crippen LogP) is 5.21. The van der Waals surface area contributed by atoms with Crippen molar-refractivity contribution in [3.63, 3.8) is 0 Å². The largest absolute Gasteiger partial charge is 0.482 e. The number of anilines is 1. The maximum absolute atomic E-state index is 12.0. The molecule has 9 heteroatoms. The van der Waals surface area contributed by atoms with Crippen molar-refractivity contribution in [1.29, 1.82) is 0 Å². The van der Waals surface area contributed by atoms with Gasteiger partial charge in [0.25, 0.3) is 5.91 Å². The number of esters is 1. The third kappa shape index (κ3) is 5.25. The molecule has 1 amide bonds. The van der Waals surface area contributed by atoms with Gasteiger partial charge in [-0.25, -0.2) is 4.79 Å². The number of halogens is 3. The van der Waals surface area contributed by atoms with Crippen LogP contribution >= 0.6 is 46.1 Å². The fourth-order valence-corrected chi connectivity index (χ4v) is 3.45. The third-order valence-corrected chi connectivity index (χ3v) is 5.12. The lowest BCUT2D eigenvalue weighted by molar-refractivity contribution is -0.118. The molecule has 5 nitrogen and oxygen atoms in total. The topological polar surface area (TPSA) is 64.6 Å². The molecule has 0 unspecified atom stereocenters. The van der Waals surface area contributed by atoms with Crippen molar-refractivity contribution in [1.82, 2.24) is 0 Å². The highest BCUT2D eigenvalue weighted by Crippen LogP contribution is 2.34. The second-order valence-electron chi connectivity index (χ2n) is 4.88. The Balaban J connectivity index is 1.98. The Hall–Kier alpha value is -1.47. The maximum atomic E-state index is 12.0. The van der Waals surface area contributed by atoms with Crippen LogP contribution in [0.3, 0.4) is 0 Å². The SMILES string of the molecule is CCOC(=O)c1sc(NC(=O)COc2cc(Cl)c(Cl)cc2Cl)cc1C. The monoisotopic (exact) mass is 421 g/mol. The summed E-state index contributed by atoms with van der Waals surface area (Å²) in [6, 6.07) is 4.57. The van der Waals surface area contributed by atoms with Crippen molar-refractivity contribution >= 4 is 63.0 Å². The normalized spacial score (nSPS) is 10.4. The van der Waals surface area contributed by atoms with Crippen LogP contribution in [0.2, 0.25) is 15.1 Å². The van der Waals surface area contributed by atoms with E-state index in [1.807, 2.05) is 0 Å². The number of carbonyl (C=O) groups excluding carboxylic acids is 2. The van der Waals surface area contributed by atoms with Gasteiger partial charge in [0, 0.05) is 6.07 Å². The highest BCUT2D eigenvalue weighted by Gasteiger charge is 2.16. The number of benzene rings is 1. The molecule has 0 atom stereocenters. The number of carbonyl (C=O) groups is 2. The van der Waals surface area contributed by atoms with Crippen LogP contribution in [0.4, 0.5) is 5.00 Å². The Kier molecular flexibility index (Phi) is 6.95. The molecule has 1 aromatic carbocycles. The molecular weight excluding hydrogens is 409 g/mol. The van der Waals surface area contributed by atoms with Gasteiger partial charge in [0.2, 0.25) is 0 Å². The van der Waals surface area contributed by atoms with Crippen LogP contribution in [0.5, 0.6) is 5.75 Å². The van der Waals surface area contributed by atoms with Crippen molar-refractivity contribution in [3.05, 3.63) is 43.7 Å². The van der Waals surface area contributed by atoms with Crippen LogP contribution in [0, 0.1) is 6.92 Å². The second-order valence-corrected chi connectivity index (χ2v) is 7.15. The molecule has 0 aliphatic carbocycles. The van der Waals surface area contributed by atoms with Crippen molar-refractivity contribution < 1.29 is 19.1 Å². The van der Waals surface area contributed by atoms with E-state index in [1.165, 1.54) is 12.1 Å². The minimum absolute atomic E-state index is 0.249. The van der Waals surface area contributed by atoms with Crippen molar-refractivity contribution in [3.8, 4) is 5.75 Å². The molecule has 0 saturated heterocycles. The van der Waals surface area contributed by atoms with Gasteiger partial charge in [-0.1, -0.05) is 34.8 Å². The molecule has 0 saturated carbocycles. The van der Waals surface area contributed by atoms with Crippen LogP contribution in [-0.4, -0.2) is 25.1 Å². The Bertz CT molecular complexity index is 807. The van der Waals surface area contributed by atoms with Gasteiger partial charge in [-0.3, -0.25) is 4.79 Å². The molecule has 2 aromatic rings. The summed E-state index contributed by atoms with van der Waals surface area (Å²) in [5.41, 5.74) is 0.729. The first-order valence-electron chi connectivity index (χ1n) is 7.16. The molecule has 2 rings (SSSR count). The van der Waals surface area contributed by atoms with Gasteiger partial charge in [-0.2, -0.15) is 0 Å². The molecule has 1 aromatic heterocycles. The first kappa shape index (κ1) is 19.8. The number of aryl methyl sites for hydroxylation is 1. The Morgan fingerprint density at radius 3 is 2.48 bits per heavy atom. The fraction of sp³-hybridized carbons (Fsp3) is 0.250. The number of ether oxygens (including phenoxy) is 2. The minimum Gasteiger partial charge on any atom is -0.482 e. The molecule has 0 bridgehead atoms. The number of rotatable bonds is 6. The second kappa shape index (κ2) is 8.76. The average molecular weight is 423 g/mol. The molecule has 0 aliphatic heterocycles. The smallest absolute Gasteiger partial charge is 0.348 e. The van der Waals surface area contributed by atoms with E-state index in [4.69, 9.17) is 44.3 Å². The first-order valence-corrected chi connectivity index (χ1v) is 9.11. The first-order chi connectivity index (χ1) is 11.8. The summed E-state index contributed by atoms with van der Waals surface area (Å²) in [6.07, 6.45) is 0. The Morgan fingerprint density at radius 2 is 1.80 bits per heavy atom. The number of thiophene rings is 1. The minimum atomic E-state index is -0.413. The molecular formula is C16H14Cl3NO4S. The Labute approximate surface area is 163 Å². The summed E-state index contributed by atoms with van der Waals surface area (Å²) in [5, 5.41) is 4.00. The molecule has 0 fully saturated rings. The zero-order chi connectivity index (χ0) is 18.6. The van der Waals surface area contributed by atoms with Crippen LogP contribution in [0.25, 0.3) is 0 Å². The molecule has 0 aliphatic rings. The standard InChI is InChI=1S/C16H14Cl3NO4S/c1-3-23-16(22)15-8(2)4-14(25-15)20-13(21)7-24-12-6-10(18)9(17)5-11(12)19/h4-6H,3,7H2,1-2H3,(H,20,21). The van der Waals surface area contributed by atoms with E-state index in [9.17, 15) is 9.59 Å². The summed E-state index contributed by atoms with van der Waals surface area (Å²) < 4.78 is 10.3. The maximum Gasteiger partial charge on any atom is 0.348 e. The number of hydrogen-bond donors (Lipinski definition) is 1. The van der Waals surface area contributed by atoms with Crippen molar-refractivity contribution in [2.24, 2.45) is 0 Å². The van der Waals surface area contributed by atoms with E-state index in [0.717, 1.165) is 16.9 Å². The average Bonchev–Trinajstić information content (AvgIpc) is 2.90. The van der Waals surface area contributed by atoms with Crippen molar-refractivity contribution in [2.75, 3.05) is 18.5 Å². The van der Waals surface area contributed by atoms with E-state index < -0.39 is 11.9 Å². The summed E-state index contributed by atoms with van der Waals surface area (Å²) in [4.78, 5) is 24.3. The molecule has 25 heavy (non-hydrogen) atoms. The van der Waals surface area contributed by atoms with Gasteiger partial charge in [-0.15, -0.1) is 11.3 Å². The fourth-order valence-electron chi connectivity index (χ4n) is 1.87. The quantitative estimate of drug-likeness (QED) is 0.512. The summed E-state index contributed by atoms with van der Waals surface area (Å²) in [6.45, 7) is 3.51. The van der Waals surface area contributed by atoms with Gasteiger partial charge in [0.1, 0.15) is 10.6 Å². The molecule has 0 spiro atoms. The molecule has 1 heterocycles. The van der Waals surface area contributed by atoms with Gasteiger partial charge < -0.3 is 14.8 Å². The highest BCUT2D eigenvalue weighted by molar-refractivity contribution is 7.18. The zero-order valence-electron chi connectivity index (χ0n) is 13.3. The number of nitrogens with one attached hydrogen (secondary N) is 1. The van der Waals surface area contributed by atoms with E-state index >= 15 is 0 Å². The number of hydrogen-bond acceptors (Lipinski definition) is 5. The van der Waals surface area contributed by atoms with Crippen LogP contribution in [0.15, 0.2) is 18.2 Å². The molecule has 134 valence electrons. The summed E-state index contributed by atoms with van der Waals surface area (Å²) in [5.74, 6) is -0.566. The van der Waals surface area contributed by atoms with Gasteiger partial charge in [0.05, 0.1) is 26.7 Å². The van der Waals surface area contributed by atoms with Crippen LogP contribution < -0.4 is 10.1 Å². The van der Waals surface area contributed by atoms with E-state index in [1.54, 1.807) is 19.9 Å². The predicted molar refractivity (Wildman–Crippen MR) is 101 cm³/mol. The van der Waals surface area contributed by atoms with E-state index in [-0.39, 0.29) is 29.0 Å². The van der Waals surface area contributed by atoms with Gasteiger partial charge >= 0.3 is 5.97 Å². The zero-order valence-corrected chi connectivity index (χ0v) is 16.4. The number of amides is 1. The van der Waals surface area contributed by atoms with Crippen LogP contribution in [-0.2, 0) is 9.53 Å². The van der Waals surface area contributed by atoms with Crippen molar-refractivity contribution in [2.45, 2.75) is 13.8 Å². The molecule has 0 radical (unpaired) electrons. The molecule has 1 N–H and O–H groups in total. The summed E-state index contributed by atoms with van der Waals surface area (Å²) >= 11 is 18.8. The van der Waals surface area contributed by atoms with E-state index in [2.05, 4.69) is 5.32 Å². The van der Waals surface area contributed by atoms with E-state index in [0.29, 0.717) is 14.9 Å². The van der Waals surface area contributed by atoms with Gasteiger partial charge in [-0.05, 0) is 31.5 Å². The third-order valence-electron chi connectivity index (χ3n) is 2.97. The summed E-state index contributed by atoms with van der Waals surface area (Å²) in [7, 11) is 0. The lowest BCUT2D eigenvalue weighted by Gasteiger charge is -2.09. The lowest BCUT2D eigenvalue weighted by atomic mass is 10.3. The van der Waals surface area contributed by atoms with Crippen LogP contribution in [0.1, 0.15) is 22.2 Å². The Morgan fingerprint density at radius 1 is 1.12 bits per heavy atom. The lowest BCUT2D eigenvalue weighted by Crippen LogP contribution is -2.19. The van der Waals surface area contributed by atoms with Gasteiger partial charge in [0.15, 0.2) is 6.61 Å².